The van der Waals surface area contributed by atoms with E-state index in [4.69, 9.17) is 4.74 Å². The Morgan fingerprint density at radius 1 is 1.00 bits per heavy atom. The van der Waals surface area contributed by atoms with Gasteiger partial charge in [-0.15, -0.1) is 0 Å². The van der Waals surface area contributed by atoms with Crippen LogP contribution in [-0.2, 0) is 4.74 Å². The number of nitrogens with one attached hydrogen (secondary N) is 3. The minimum Gasteiger partial charge on any atom is -0.378 e. The molecule has 31 heavy (non-hydrogen) atoms. The summed E-state index contributed by atoms with van der Waals surface area (Å²) in [6.45, 7) is 4.78. The molecule has 0 bridgehead atoms. The van der Waals surface area contributed by atoms with E-state index in [1.807, 2.05) is 43.3 Å². The van der Waals surface area contributed by atoms with E-state index in [0.717, 1.165) is 50.0 Å². The molecule has 4 rings (SSSR count). The molecule has 2 aliphatic rings. The predicted molar refractivity (Wildman–Crippen MR) is 123 cm³/mol. The van der Waals surface area contributed by atoms with Crippen LogP contribution in [0.5, 0.6) is 0 Å². The van der Waals surface area contributed by atoms with E-state index in [0.29, 0.717) is 30.2 Å². The Balaban J connectivity index is 1.53. The van der Waals surface area contributed by atoms with Crippen molar-refractivity contribution >= 4 is 29.0 Å². The van der Waals surface area contributed by atoms with E-state index in [1.54, 1.807) is 6.07 Å². The molecule has 1 aliphatic carbocycles. The predicted octanol–water partition coefficient (Wildman–Crippen LogP) is 4.15. The minimum absolute atomic E-state index is 0.177. The number of ether oxygens (including phenoxy) is 1. The Morgan fingerprint density at radius 2 is 1.77 bits per heavy atom. The Hall–Kier alpha value is -3.06. The molecule has 164 valence electrons. The zero-order chi connectivity index (χ0) is 21.6. The SMILES string of the molecule is Cc1cccc(C(=O)Nc2ccc(N3CCOCC3)c(NC(=O)NC3CCCC3)c2)c1. The minimum atomic E-state index is -0.205. The van der Waals surface area contributed by atoms with Gasteiger partial charge in [-0.3, -0.25) is 4.79 Å². The number of aryl methyl sites for hydroxylation is 1. The molecule has 0 radical (unpaired) electrons. The molecule has 3 amide bonds. The van der Waals surface area contributed by atoms with Crippen molar-refractivity contribution < 1.29 is 14.3 Å². The fourth-order valence-electron chi connectivity index (χ4n) is 4.20. The normalized spacial score (nSPS) is 16.7. The lowest BCUT2D eigenvalue weighted by atomic mass is 10.1. The van der Waals surface area contributed by atoms with Gasteiger partial charge in [-0.2, -0.15) is 0 Å². The number of anilines is 3. The number of rotatable bonds is 5. The third-order valence-corrected chi connectivity index (χ3v) is 5.83. The van der Waals surface area contributed by atoms with Gasteiger partial charge in [-0.05, 0) is 50.1 Å². The molecule has 0 unspecified atom stereocenters. The van der Waals surface area contributed by atoms with Gasteiger partial charge in [0.2, 0.25) is 0 Å². The first-order valence-corrected chi connectivity index (χ1v) is 11.0. The molecular weight excluding hydrogens is 392 g/mol. The van der Waals surface area contributed by atoms with Crippen LogP contribution in [0.25, 0.3) is 0 Å². The maximum atomic E-state index is 12.7. The van der Waals surface area contributed by atoms with Crippen molar-refractivity contribution in [2.45, 2.75) is 38.6 Å². The molecular formula is C24H30N4O3. The fourth-order valence-corrected chi connectivity index (χ4v) is 4.20. The van der Waals surface area contributed by atoms with Gasteiger partial charge in [-0.1, -0.05) is 30.5 Å². The van der Waals surface area contributed by atoms with E-state index in [2.05, 4.69) is 20.9 Å². The van der Waals surface area contributed by atoms with Crippen molar-refractivity contribution in [3.8, 4) is 0 Å². The van der Waals surface area contributed by atoms with Crippen LogP contribution in [-0.4, -0.2) is 44.3 Å². The first-order chi connectivity index (χ1) is 15.1. The number of carbonyl (C=O) groups is 2. The maximum absolute atomic E-state index is 12.7. The Labute approximate surface area is 183 Å². The zero-order valence-electron chi connectivity index (χ0n) is 17.9. The average Bonchev–Trinajstić information content (AvgIpc) is 3.27. The summed E-state index contributed by atoms with van der Waals surface area (Å²) in [6, 6.07) is 13.1. The Morgan fingerprint density at radius 3 is 2.52 bits per heavy atom. The molecule has 1 saturated heterocycles. The number of hydrogen-bond acceptors (Lipinski definition) is 4. The monoisotopic (exact) mass is 422 g/mol. The van der Waals surface area contributed by atoms with Gasteiger partial charge >= 0.3 is 6.03 Å². The summed E-state index contributed by atoms with van der Waals surface area (Å²) in [5, 5.41) is 9.03. The largest absolute Gasteiger partial charge is 0.378 e. The van der Waals surface area contributed by atoms with Gasteiger partial charge in [0.05, 0.1) is 24.6 Å². The van der Waals surface area contributed by atoms with Crippen molar-refractivity contribution in [1.82, 2.24) is 5.32 Å². The lowest BCUT2D eigenvalue weighted by Gasteiger charge is -2.31. The highest BCUT2D eigenvalue weighted by atomic mass is 16.5. The maximum Gasteiger partial charge on any atom is 0.319 e. The average molecular weight is 423 g/mol. The molecule has 7 heteroatoms. The molecule has 1 heterocycles. The molecule has 0 atom stereocenters. The zero-order valence-corrected chi connectivity index (χ0v) is 17.9. The number of amides is 3. The van der Waals surface area contributed by atoms with E-state index >= 15 is 0 Å². The van der Waals surface area contributed by atoms with Crippen molar-refractivity contribution in [3.05, 3.63) is 53.6 Å². The number of hydrogen-bond donors (Lipinski definition) is 3. The van der Waals surface area contributed by atoms with Crippen molar-refractivity contribution in [1.29, 1.82) is 0 Å². The van der Waals surface area contributed by atoms with E-state index in [1.165, 1.54) is 0 Å². The van der Waals surface area contributed by atoms with Gasteiger partial charge in [0.15, 0.2) is 0 Å². The number of benzene rings is 2. The highest BCUT2D eigenvalue weighted by Crippen LogP contribution is 2.30. The molecule has 2 aromatic carbocycles. The smallest absolute Gasteiger partial charge is 0.319 e. The van der Waals surface area contributed by atoms with Crippen molar-refractivity contribution in [3.63, 3.8) is 0 Å². The van der Waals surface area contributed by atoms with Crippen LogP contribution < -0.4 is 20.9 Å². The third-order valence-electron chi connectivity index (χ3n) is 5.83. The van der Waals surface area contributed by atoms with Crippen molar-refractivity contribution in [2.75, 3.05) is 41.8 Å². The first-order valence-electron chi connectivity index (χ1n) is 11.0. The second-order valence-corrected chi connectivity index (χ2v) is 8.23. The molecule has 2 aromatic rings. The standard InChI is InChI=1S/C24H30N4O3/c1-17-5-4-6-18(15-17)23(29)25-20-9-10-22(28-11-13-31-14-12-28)21(16-20)27-24(30)26-19-7-2-3-8-19/h4-6,9-10,15-16,19H,2-3,7-8,11-14H2,1H3,(H,25,29)(H2,26,27,30). The van der Waals surface area contributed by atoms with Crippen LogP contribution in [0.4, 0.5) is 21.9 Å². The van der Waals surface area contributed by atoms with Gasteiger partial charge in [0, 0.05) is 30.4 Å². The lowest BCUT2D eigenvalue weighted by molar-refractivity contribution is 0.102. The number of nitrogens with zero attached hydrogens (tertiary/aromatic N) is 1. The first kappa shape index (κ1) is 21.2. The van der Waals surface area contributed by atoms with E-state index < -0.39 is 0 Å². The summed E-state index contributed by atoms with van der Waals surface area (Å²) in [5.74, 6) is -0.177. The van der Waals surface area contributed by atoms with Crippen LogP contribution >= 0.6 is 0 Å². The fraction of sp³-hybridized carbons (Fsp3) is 0.417. The van der Waals surface area contributed by atoms with Crippen molar-refractivity contribution in [2.24, 2.45) is 0 Å². The highest BCUT2D eigenvalue weighted by Gasteiger charge is 2.20. The van der Waals surface area contributed by atoms with Crippen LogP contribution in [0.1, 0.15) is 41.6 Å². The summed E-state index contributed by atoms with van der Waals surface area (Å²) >= 11 is 0. The molecule has 1 saturated carbocycles. The van der Waals surface area contributed by atoms with Crippen LogP contribution in [0.3, 0.4) is 0 Å². The molecule has 7 nitrogen and oxygen atoms in total. The van der Waals surface area contributed by atoms with E-state index in [-0.39, 0.29) is 18.0 Å². The van der Waals surface area contributed by atoms with Gasteiger partial charge in [-0.25, -0.2) is 4.79 Å². The summed E-state index contributed by atoms with van der Waals surface area (Å²) in [4.78, 5) is 27.5. The Kier molecular flexibility index (Phi) is 6.72. The third kappa shape index (κ3) is 5.55. The Bertz CT molecular complexity index is 934. The van der Waals surface area contributed by atoms with Gasteiger partial charge < -0.3 is 25.6 Å². The summed E-state index contributed by atoms with van der Waals surface area (Å²) < 4.78 is 5.47. The second-order valence-electron chi connectivity index (χ2n) is 8.23. The molecule has 2 fully saturated rings. The number of morpholine rings is 1. The molecule has 0 aromatic heterocycles. The highest BCUT2D eigenvalue weighted by molar-refractivity contribution is 6.05. The molecule has 1 aliphatic heterocycles. The summed E-state index contributed by atoms with van der Waals surface area (Å²) in [6.07, 6.45) is 4.36. The van der Waals surface area contributed by atoms with Crippen LogP contribution in [0.15, 0.2) is 42.5 Å². The molecule has 3 N–H and O–H groups in total. The number of urea groups is 1. The lowest BCUT2D eigenvalue weighted by Crippen LogP contribution is -2.38. The van der Waals surface area contributed by atoms with Crippen LogP contribution in [0.2, 0.25) is 0 Å². The quantitative estimate of drug-likeness (QED) is 0.676. The second kappa shape index (κ2) is 9.83. The van der Waals surface area contributed by atoms with Crippen LogP contribution in [0, 0.1) is 6.92 Å². The summed E-state index contributed by atoms with van der Waals surface area (Å²) in [5.41, 5.74) is 3.88. The van der Waals surface area contributed by atoms with E-state index in [9.17, 15) is 9.59 Å². The van der Waals surface area contributed by atoms with Gasteiger partial charge in [0.1, 0.15) is 0 Å². The number of carbonyl (C=O) groups excluding carboxylic acids is 2. The molecule has 0 spiro atoms. The summed E-state index contributed by atoms with van der Waals surface area (Å²) in [7, 11) is 0. The van der Waals surface area contributed by atoms with Gasteiger partial charge in [0.25, 0.3) is 5.91 Å². The topological polar surface area (TPSA) is 82.7 Å².